The molecule has 0 bridgehead atoms. The van der Waals surface area contributed by atoms with Crippen LogP contribution in [0.3, 0.4) is 0 Å². The fourth-order valence-electron chi connectivity index (χ4n) is 2.11. The predicted molar refractivity (Wildman–Crippen MR) is 61.5 cm³/mol. The molecule has 0 saturated heterocycles. The van der Waals surface area contributed by atoms with E-state index in [-0.39, 0.29) is 24.0 Å². The number of hydrogen-bond donors (Lipinski definition) is 1. The average molecular weight is 268 g/mol. The van der Waals surface area contributed by atoms with Gasteiger partial charge in [0, 0.05) is 18.2 Å². The average Bonchev–Trinajstić information content (AvgIpc) is 3.09. The maximum atomic E-state index is 13.8. The monoisotopic (exact) mass is 268 g/mol. The summed E-state index contributed by atoms with van der Waals surface area (Å²) in [5.41, 5.74) is 5.18. The van der Waals surface area contributed by atoms with Gasteiger partial charge in [-0.2, -0.15) is 0 Å². The van der Waals surface area contributed by atoms with Crippen molar-refractivity contribution < 1.29 is 13.2 Å². The van der Waals surface area contributed by atoms with Crippen molar-refractivity contribution in [1.29, 1.82) is 0 Å². The molecule has 2 N–H and O–H groups in total. The quantitative estimate of drug-likeness (QED) is 0.928. The van der Waals surface area contributed by atoms with Gasteiger partial charge >= 0.3 is 0 Å². The fourth-order valence-corrected chi connectivity index (χ4v) is 2.11. The van der Waals surface area contributed by atoms with Crippen LogP contribution in [0.25, 0.3) is 11.4 Å². The molecule has 2 aromatic rings. The molecule has 7 heteroatoms. The fraction of sp³-hybridized carbons (Fsp3) is 0.333. The Balaban J connectivity index is 2.20. The van der Waals surface area contributed by atoms with Crippen molar-refractivity contribution in [2.45, 2.75) is 25.4 Å². The molecule has 0 spiro atoms. The molecule has 1 fully saturated rings. The number of nitrogens with zero attached hydrogens (tertiary/aromatic N) is 3. The summed E-state index contributed by atoms with van der Waals surface area (Å²) < 4.78 is 42.1. The Kier molecular flexibility index (Phi) is 2.78. The zero-order valence-electron chi connectivity index (χ0n) is 9.91. The maximum Gasteiger partial charge on any atom is 0.170 e. The molecule has 3 rings (SSSR count). The van der Waals surface area contributed by atoms with Crippen LogP contribution in [0.2, 0.25) is 0 Å². The molecule has 1 aliphatic carbocycles. The summed E-state index contributed by atoms with van der Waals surface area (Å²) in [5.74, 6) is -2.40. The van der Waals surface area contributed by atoms with Crippen LogP contribution < -0.4 is 5.73 Å². The van der Waals surface area contributed by atoms with Gasteiger partial charge in [0.2, 0.25) is 0 Å². The molecule has 0 atom stereocenters. The Hall–Kier alpha value is -1.89. The summed E-state index contributed by atoms with van der Waals surface area (Å²) in [6.45, 7) is 0.133. The molecule has 1 aliphatic rings. The Labute approximate surface area is 107 Å². The van der Waals surface area contributed by atoms with E-state index in [2.05, 4.69) is 10.2 Å². The molecule has 0 radical (unpaired) electrons. The molecule has 1 saturated carbocycles. The maximum absolute atomic E-state index is 13.8. The summed E-state index contributed by atoms with van der Waals surface area (Å²) in [4.78, 5) is 0. The number of aromatic nitrogens is 3. The van der Waals surface area contributed by atoms with E-state index < -0.39 is 17.5 Å². The van der Waals surface area contributed by atoms with Gasteiger partial charge in [-0.25, -0.2) is 13.2 Å². The first-order chi connectivity index (χ1) is 9.11. The summed E-state index contributed by atoms with van der Waals surface area (Å²) in [7, 11) is 0. The van der Waals surface area contributed by atoms with Gasteiger partial charge in [0.1, 0.15) is 23.3 Å². The Morgan fingerprint density at radius 2 is 1.79 bits per heavy atom. The van der Waals surface area contributed by atoms with Crippen molar-refractivity contribution >= 4 is 0 Å². The lowest BCUT2D eigenvalue weighted by atomic mass is 10.1. The van der Waals surface area contributed by atoms with E-state index in [1.807, 2.05) is 0 Å². The molecule has 4 nitrogen and oxygen atoms in total. The first-order valence-electron chi connectivity index (χ1n) is 5.90. The van der Waals surface area contributed by atoms with E-state index in [0.29, 0.717) is 18.0 Å². The lowest BCUT2D eigenvalue weighted by molar-refractivity contribution is 0.544. The topological polar surface area (TPSA) is 56.7 Å². The summed E-state index contributed by atoms with van der Waals surface area (Å²) in [5, 5.41) is 7.64. The van der Waals surface area contributed by atoms with Crippen molar-refractivity contribution in [2.24, 2.45) is 5.73 Å². The smallest absolute Gasteiger partial charge is 0.170 e. The van der Waals surface area contributed by atoms with Crippen molar-refractivity contribution in [3.63, 3.8) is 0 Å². The number of nitrogens with two attached hydrogens (primary N) is 1. The molecular weight excluding hydrogens is 257 g/mol. The van der Waals surface area contributed by atoms with Crippen molar-refractivity contribution in [2.75, 3.05) is 0 Å². The molecule has 0 aliphatic heterocycles. The van der Waals surface area contributed by atoms with Gasteiger partial charge in [-0.1, -0.05) is 0 Å². The van der Waals surface area contributed by atoms with Crippen LogP contribution in [0.1, 0.15) is 24.7 Å². The minimum absolute atomic E-state index is 0.0675. The summed E-state index contributed by atoms with van der Waals surface area (Å²) in [6, 6.07) is 1.38. The molecule has 1 heterocycles. The van der Waals surface area contributed by atoms with Crippen molar-refractivity contribution in [1.82, 2.24) is 14.8 Å². The van der Waals surface area contributed by atoms with Crippen LogP contribution >= 0.6 is 0 Å². The van der Waals surface area contributed by atoms with Crippen molar-refractivity contribution in [3.05, 3.63) is 35.4 Å². The number of rotatable bonds is 3. The van der Waals surface area contributed by atoms with Gasteiger partial charge in [-0.3, -0.25) is 0 Å². The second-order valence-corrected chi connectivity index (χ2v) is 4.49. The largest absolute Gasteiger partial charge is 0.324 e. The van der Waals surface area contributed by atoms with Crippen LogP contribution in [-0.2, 0) is 6.54 Å². The third kappa shape index (κ3) is 1.99. The highest BCUT2D eigenvalue weighted by molar-refractivity contribution is 5.57. The van der Waals surface area contributed by atoms with E-state index in [9.17, 15) is 13.2 Å². The zero-order valence-corrected chi connectivity index (χ0v) is 9.91. The van der Waals surface area contributed by atoms with Gasteiger partial charge in [-0.15, -0.1) is 10.2 Å². The minimum atomic E-state index is -0.990. The van der Waals surface area contributed by atoms with Crippen LogP contribution in [-0.4, -0.2) is 14.8 Å². The number of benzene rings is 1. The molecule has 0 unspecified atom stereocenters. The normalized spacial score (nSPS) is 14.9. The zero-order chi connectivity index (χ0) is 13.6. The molecule has 1 aromatic heterocycles. The Bertz CT molecular complexity index is 611. The third-order valence-corrected chi connectivity index (χ3v) is 3.09. The predicted octanol–water partition coefficient (Wildman–Crippen LogP) is 2.16. The highest BCUT2D eigenvalue weighted by Crippen LogP contribution is 2.39. The lowest BCUT2D eigenvalue weighted by Gasteiger charge is -2.09. The van der Waals surface area contributed by atoms with Gasteiger partial charge < -0.3 is 10.3 Å². The van der Waals surface area contributed by atoms with Crippen LogP contribution in [0.15, 0.2) is 12.1 Å². The molecule has 100 valence electrons. The Morgan fingerprint density at radius 3 is 2.32 bits per heavy atom. The van der Waals surface area contributed by atoms with Crippen LogP contribution in [0, 0.1) is 17.5 Å². The number of hydrogen-bond acceptors (Lipinski definition) is 3. The highest BCUT2D eigenvalue weighted by Gasteiger charge is 2.31. The van der Waals surface area contributed by atoms with Gasteiger partial charge in [0.25, 0.3) is 0 Å². The van der Waals surface area contributed by atoms with Gasteiger partial charge in [-0.05, 0) is 12.8 Å². The van der Waals surface area contributed by atoms with E-state index >= 15 is 0 Å². The highest BCUT2D eigenvalue weighted by atomic mass is 19.1. The van der Waals surface area contributed by atoms with Crippen molar-refractivity contribution in [3.8, 4) is 11.4 Å². The standard InChI is InChI=1S/C12H11F3N4/c13-6-3-8(14)11(9(15)4-6)12-18-17-10(5-16)19(12)7-1-2-7/h3-4,7H,1-2,5,16H2. The van der Waals surface area contributed by atoms with E-state index in [1.165, 1.54) is 0 Å². The molecule has 0 amide bonds. The van der Waals surface area contributed by atoms with Crippen LogP contribution in [0.4, 0.5) is 13.2 Å². The van der Waals surface area contributed by atoms with E-state index in [4.69, 9.17) is 5.73 Å². The molecular formula is C12H11F3N4. The summed E-state index contributed by atoms with van der Waals surface area (Å²) >= 11 is 0. The van der Waals surface area contributed by atoms with Gasteiger partial charge in [0.15, 0.2) is 5.82 Å². The molecule has 1 aromatic carbocycles. The second kappa shape index (κ2) is 4.34. The first kappa shape index (κ1) is 12.2. The summed E-state index contributed by atoms with van der Waals surface area (Å²) in [6.07, 6.45) is 1.78. The first-order valence-corrected chi connectivity index (χ1v) is 5.90. The second-order valence-electron chi connectivity index (χ2n) is 4.49. The third-order valence-electron chi connectivity index (χ3n) is 3.09. The van der Waals surface area contributed by atoms with Crippen LogP contribution in [0.5, 0.6) is 0 Å². The van der Waals surface area contributed by atoms with E-state index in [1.54, 1.807) is 4.57 Å². The van der Waals surface area contributed by atoms with E-state index in [0.717, 1.165) is 12.8 Å². The molecule has 19 heavy (non-hydrogen) atoms. The minimum Gasteiger partial charge on any atom is -0.324 e. The van der Waals surface area contributed by atoms with Gasteiger partial charge in [0.05, 0.1) is 12.1 Å². The number of halogens is 3. The SMILES string of the molecule is NCc1nnc(-c2c(F)cc(F)cc2F)n1C1CC1. The Morgan fingerprint density at radius 1 is 1.16 bits per heavy atom. The lowest BCUT2D eigenvalue weighted by Crippen LogP contribution is -2.09.